The normalized spacial score (nSPS) is 32.6. The zero-order valence-corrected chi connectivity index (χ0v) is 15.3. The van der Waals surface area contributed by atoms with E-state index in [2.05, 4.69) is 10.8 Å². The van der Waals surface area contributed by atoms with Crippen molar-refractivity contribution in [1.29, 1.82) is 0 Å². The Morgan fingerprint density at radius 2 is 2.12 bits per heavy atom. The van der Waals surface area contributed by atoms with E-state index in [0.29, 0.717) is 18.3 Å². The number of hydrogen-bond donors (Lipinski definition) is 1. The number of unbranched alkanes of at least 4 members (excludes halogenated alkanes) is 1. The van der Waals surface area contributed by atoms with Crippen LogP contribution in [0.5, 0.6) is 0 Å². The number of carbonyl (C=O) groups excluding carboxylic acids is 2. The zero-order valence-electron chi connectivity index (χ0n) is 15.3. The van der Waals surface area contributed by atoms with E-state index in [1.165, 1.54) is 25.5 Å². The highest BCUT2D eigenvalue weighted by Crippen LogP contribution is 2.49. The number of aldehydes is 1. The monoisotopic (exact) mass is 352 g/mol. The van der Waals surface area contributed by atoms with Crippen molar-refractivity contribution in [3.8, 4) is 0 Å². The molecule has 4 atom stereocenters. The Labute approximate surface area is 150 Å². The minimum absolute atomic E-state index is 0.127. The second kappa shape index (κ2) is 10.7. The molecule has 2 saturated carbocycles. The topological polar surface area (TPSA) is 72.8 Å². The van der Waals surface area contributed by atoms with Crippen LogP contribution in [0.2, 0.25) is 0 Å². The first-order chi connectivity index (χ1) is 12.1. The molecule has 1 aliphatic heterocycles. The molecule has 0 aromatic heterocycles. The Morgan fingerprint density at radius 1 is 1.28 bits per heavy atom. The van der Waals surface area contributed by atoms with Gasteiger partial charge in [0.15, 0.2) is 6.29 Å². The lowest BCUT2D eigenvalue weighted by molar-refractivity contribution is -0.140. The molecule has 0 spiro atoms. The highest BCUT2D eigenvalue weighted by molar-refractivity contribution is 5.69. The molecule has 1 N–H and O–H groups in total. The molecule has 0 bridgehead atoms. The molecule has 0 aromatic carbocycles. The lowest BCUT2D eigenvalue weighted by Crippen LogP contribution is -2.17. The average Bonchev–Trinajstić information content (AvgIpc) is 3.19. The van der Waals surface area contributed by atoms with Gasteiger partial charge in [0.25, 0.3) is 0 Å². The maximum atomic E-state index is 11.0. The minimum Gasteiger partial charge on any atom is -0.469 e. The summed E-state index contributed by atoms with van der Waals surface area (Å²) in [6.07, 6.45) is 12.9. The van der Waals surface area contributed by atoms with E-state index in [4.69, 9.17) is 9.84 Å². The Balaban J connectivity index is 0.000000269. The van der Waals surface area contributed by atoms with Crippen molar-refractivity contribution in [1.82, 2.24) is 0 Å². The molecule has 1 heterocycles. The van der Waals surface area contributed by atoms with Crippen LogP contribution >= 0.6 is 0 Å². The number of esters is 1. The van der Waals surface area contributed by atoms with Crippen molar-refractivity contribution in [2.24, 2.45) is 17.8 Å². The summed E-state index contributed by atoms with van der Waals surface area (Å²) in [5.41, 5.74) is 1.50. The first-order valence-electron chi connectivity index (χ1n) is 9.63. The van der Waals surface area contributed by atoms with Crippen LogP contribution in [0.3, 0.4) is 0 Å². The number of ether oxygens (including phenoxy) is 2. The van der Waals surface area contributed by atoms with E-state index in [1.54, 1.807) is 0 Å². The number of aliphatic hydroxyl groups excluding tert-OH is 1. The van der Waals surface area contributed by atoms with Crippen molar-refractivity contribution in [3.05, 3.63) is 11.6 Å². The molecule has 3 aliphatic rings. The van der Waals surface area contributed by atoms with Crippen molar-refractivity contribution in [2.75, 3.05) is 13.7 Å². The SMILES string of the molecule is COC(=O)CCC/C=C1\C[C@H]2CCC(C=O)[C@H]2C1.OC1CCCCO1. The number of methoxy groups -OCH3 is 1. The van der Waals surface area contributed by atoms with Crippen molar-refractivity contribution in [3.63, 3.8) is 0 Å². The number of fused-ring (bicyclic) bond motifs is 1. The van der Waals surface area contributed by atoms with Crippen LogP contribution in [0.4, 0.5) is 0 Å². The molecule has 5 heteroatoms. The van der Waals surface area contributed by atoms with Crippen LogP contribution in [-0.2, 0) is 19.1 Å². The molecule has 0 amide bonds. The molecule has 25 heavy (non-hydrogen) atoms. The van der Waals surface area contributed by atoms with E-state index >= 15 is 0 Å². The maximum absolute atomic E-state index is 11.0. The summed E-state index contributed by atoms with van der Waals surface area (Å²) in [6.45, 7) is 0.737. The predicted molar refractivity (Wildman–Crippen MR) is 94.8 cm³/mol. The van der Waals surface area contributed by atoms with Crippen molar-refractivity contribution < 1.29 is 24.2 Å². The Morgan fingerprint density at radius 3 is 2.72 bits per heavy atom. The Hall–Kier alpha value is -1.20. The fourth-order valence-electron chi connectivity index (χ4n) is 4.19. The van der Waals surface area contributed by atoms with Gasteiger partial charge in [-0.25, -0.2) is 0 Å². The molecular weight excluding hydrogens is 320 g/mol. The molecular formula is C20H32O5. The highest BCUT2D eigenvalue weighted by atomic mass is 16.6. The summed E-state index contributed by atoms with van der Waals surface area (Å²) in [4.78, 5) is 21.9. The largest absolute Gasteiger partial charge is 0.469 e. The van der Waals surface area contributed by atoms with Gasteiger partial charge in [-0.2, -0.15) is 0 Å². The third-order valence-electron chi connectivity index (χ3n) is 5.62. The smallest absolute Gasteiger partial charge is 0.305 e. The fraction of sp³-hybridized carbons (Fsp3) is 0.800. The summed E-state index contributed by atoms with van der Waals surface area (Å²) in [5.74, 6) is 1.52. The van der Waals surface area contributed by atoms with Crippen LogP contribution < -0.4 is 0 Å². The van der Waals surface area contributed by atoms with Gasteiger partial charge in [-0.05, 0) is 69.6 Å². The van der Waals surface area contributed by atoms with Crippen molar-refractivity contribution in [2.45, 2.75) is 70.5 Å². The molecule has 1 saturated heterocycles. The molecule has 3 fully saturated rings. The van der Waals surface area contributed by atoms with E-state index < -0.39 is 6.29 Å². The molecule has 3 rings (SSSR count). The Bertz CT molecular complexity index is 453. The predicted octanol–water partition coefficient (Wildman–Crippen LogP) is 3.40. The molecule has 0 radical (unpaired) electrons. The van der Waals surface area contributed by atoms with Gasteiger partial charge in [0, 0.05) is 18.9 Å². The zero-order chi connectivity index (χ0) is 18.1. The van der Waals surface area contributed by atoms with Crippen LogP contribution in [0, 0.1) is 17.8 Å². The second-order valence-electron chi connectivity index (χ2n) is 7.36. The van der Waals surface area contributed by atoms with Gasteiger partial charge in [-0.1, -0.05) is 11.6 Å². The second-order valence-corrected chi connectivity index (χ2v) is 7.36. The molecule has 142 valence electrons. The minimum atomic E-state index is -0.464. The van der Waals surface area contributed by atoms with Crippen LogP contribution in [-0.4, -0.2) is 37.4 Å². The van der Waals surface area contributed by atoms with E-state index in [0.717, 1.165) is 63.8 Å². The van der Waals surface area contributed by atoms with Gasteiger partial charge in [0.05, 0.1) is 7.11 Å². The van der Waals surface area contributed by atoms with Crippen LogP contribution in [0.15, 0.2) is 11.6 Å². The summed E-state index contributed by atoms with van der Waals surface area (Å²) in [5, 5.41) is 8.69. The van der Waals surface area contributed by atoms with Gasteiger partial charge in [-0.3, -0.25) is 4.79 Å². The highest BCUT2D eigenvalue weighted by Gasteiger charge is 2.40. The lowest BCUT2D eigenvalue weighted by Gasteiger charge is -2.16. The lowest BCUT2D eigenvalue weighted by atomic mass is 9.93. The van der Waals surface area contributed by atoms with E-state index in [-0.39, 0.29) is 5.97 Å². The standard InChI is InChI=1S/C15H22O3.C5H10O2/c1-18-15(17)5-3-2-4-11-8-12-6-7-13(10-16)14(12)9-11;6-5-3-1-2-4-7-5/h4,10,12-14H,2-3,5-9H2,1H3;5-6H,1-4H2/b11-4+;/t12-,13?,14+;/m1./s1. The van der Waals surface area contributed by atoms with Crippen molar-refractivity contribution >= 4 is 12.3 Å². The van der Waals surface area contributed by atoms with Gasteiger partial charge in [-0.15, -0.1) is 0 Å². The fourth-order valence-corrected chi connectivity index (χ4v) is 4.19. The molecule has 5 nitrogen and oxygen atoms in total. The van der Waals surface area contributed by atoms with Crippen LogP contribution in [0.1, 0.15) is 64.2 Å². The third kappa shape index (κ3) is 6.55. The maximum Gasteiger partial charge on any atom is 0.305 e. The molecule has 0 aromatic rings. The Kier molecular flexibility index (Phi) is 8.62. The summed E-state index contributed by atoms with van der Waals surface area (Å²) in [6, 6.07) is 0. The molecule has 2 unspecified atom stereocenters. The first-order valence-corrected chi connectivity index (χ1v) is 9.63. The first kappa shape index (κ1) is 20.1. The third-order valence-corrected chi connectivity index (χ3v) is 5.62. The van der Waals surface area contributed by atoms with Gasteiger partial charge in [0.1, 0.15) is 6.29 Å². The quantitative estimate of drug-likeness (QED) is 0.355. The van der Waals surface area contributed by atoms with E-state index in [1.807, 2.05) is 0 Å². The van der Waals surface area contributed by atoms with E-state index in [9.17, 15) is 9.59 Å². The van der Waals surface area contributed by atoms with Crippen LogP contribution in [0.25, 0.3) is 0 Å². The summed E-state index contributed by atoms with van der Waals surface area (Å²) in [7, 11) is 1.43. The average molecular weight is 352 g/mol. The number of aliphatic hydroxyl groups is 1. The summed E-state index contributed by atoms with van der Waals surface area (Å²) >= 11 is 0. The molecule has 2 aliphatic carbocycles. The van der Waals surface area contributed by atoms with Gasteiger partial charge in [0.2, 0.25) is 0 Å². The number of rotatable bonds is 5. The van der Waals surface area contributed by atoms with Gasteiger partial charge >= 0.3 is 5.97 Å². The number of carbonyl (C=O) groups is 2. The number of allylic oxidation sites excluding steroid dienone is 2. The summed E-state index contributed by atoms with van der Waals surface area (Å²) < 4.78 is 9.45. The van der Waals surface area contributed by atoms with Gasteiger partial charge < -0.3 is 19.4 Å². The number of hydrogen-bond acceptors (Lipinski definition) is 5.